The van der Waals surface area contributed by atoms with Crippen LogP contribution in [0.15, 0.2) is 22.8 Å². The Bertz CT molecular complexity index is 329. The minimum Gasteiger partial charge on any atom is -0.467 e. The molecule has 0 radical (unpaired) electrons. The molecule has 16 heavy (non-hydrogen) atoms. The SMILES string of the molecule is C[C@H](NC(=O)[C@@H]1CCCCN1)c1ccco1. The third kappa shape index (κ3) is 2.64. The fourth-order valence-corrected chi connectivity index (χ4v) is 2.00. The van der Waals surface area contributed by atoms with Gasteiger partial charge < -0.3 is 15.1 Å². The summed E-state index contributed by atoms with van der Waals surface area (Å²) in [5.41, 5.74) is 0. The fourth-order valence-electron chi connectivity index (χ4n) is 2.00. The third-order valence-corrected chi connectivity index (χ3v) is 2.96. The Hall–Kier alpha value is -1.29. The van der Waals surface area contributed by atoms with E-state index in [1.165, 1.54) is 0 Å². The molecule has 88 valence electrons. The molecule has 0 aliphatic carbocycles. The number of hydrogen-bond donors (Lipinski definition) is 2. The van der Waals surface area contributed by atoms with Crippen LogP contribution in [-0.4, -0.2) is 18.5 Å². The number of piperidine rings is 1. The molecule has 2 rings (SSSR count). The van der Waals surface area contributed by atoms with Crippen molar-refractivity contribution in [2.45, 2.75) is 38.3 Å². The van der Waals surface area contributed by atoms with Crippen LogP contribution in [0.1, 0.15) is 38.0 Å². The molecule has 1 aromatic heterocycles. The lowest BCUT2D eigenvalue weighted by Gasteiger charge is -2.24. The molecule has 1 aliphatic rings. The number of furan rings is 1. The predicted molar refractivity (Wildman–Crippen MR) is 60.9 cm³/mol. The first-order valence-electron chi connectivity index (χ1n) is 5.84. The smallest absolute Gasteiger partial charge is 0.237 e. The van der Waals surface area contributed by atoms with Gasteiger partial charge in [-0.25, -0.2) is 0 Å². The van der Waals surface area contributed by atoms with Crippen molar-refractivity contribution in [2.24, 2.45) is 0 Å². The lowest BCUT2D eigenvalue weighted by Crippen LogP contribution is -2.47. The Morgan fingerprint density at radius 2 is 2.50 bits per heavy atom. The van der Waals surface area contributed by atoms with E-state index < -0.39 is 0 Å². The van der Waals surface area contributed by atoms with Crippen molar-refractivity contribution < 1.29 is 9.21 Å². The summed E-state index contributed by atoms with van der Waals surface area (Å²) in [6, 6.07) is 3.60. The normalized spacial score (nSPS) is 22.7. The Labute approximate surface area is 95.4 Å². The molecule has 2 N–H and O–H groups in total. The summed E-state index contributed by atoms with van der Waals surface area (Å²) >= 11 is 0. The van der Waals surface area contributed by atoms with E-state index >= 15 is 0 Å². The first-order valence-corrected chi connectivity index (χ1v) is 5.84. The van der Waals surface area contributed by atoms with Crippen molar-refractivity contribution in [1.82, 2.24) is 10.6 Å². The molecule has 0 spiro atoms. The molecular weight excluding hydrogens is 204 g/mol. The van der Waals surface area contributed by atoms with Crippen molar-refractivity contribution in [3.8, 4) is 0 Å². The highest BCUT2D eigenvalue weighted by Gasteiger charge is 2.22. The molecule has 2 atom stereocenters. The summed E-state index contributed by atoms with van der Waals surface area (Å²) in [5, 5.41) is 6.18. The van der Waals surface area contributed by atoms with E-state index in [4.69, 9.17) is 4.42 Å². The summed E-state index contributed by atoms with van der Waals surface area (Å²) in [5.74, 6) is 0.868. The van der Waals surface area contributed by atoms with Crippen LogP contribution in [0.25, 0.3) is 0 Å². The molecule has 1 aliphatic heterocycles. The molecule has 1 saturated heterocycles. The highest BCUT2D eigenvalue weighted by atomic mass is 16.3. The number of hydrogen-bond acceptors (Lipinski definition) is 3. The number of rotatable bonds is 3. The van der Waals surface area contributed by atoms with Gasteiger partial charge >= 0.3 is 0 Å². The van der Waals surface area contributed by atoms with E-state index in [1.807, 2.05) is 19.1 Å². The largest absolute Gasteiger partial charge is 0.467 e. The zero-order valence-electron chi connectivity index (χ0n) is 9.53. The van der Waals surface area contributed by atoms with Crippen LogP contribution in [0.3, 0.4) is 0 Å². The van der Waals surface area contributed by atoms with Gasteiger partial charge in [0.25, 0.3) is 0 Å². The topological polar surface area (TPSA) is 54.3 Å². The summed E-state index contributed by atoms with van der Waals surface area (Å²) in [7, 11) is 0. The van der Waals surface area contributed by atoms with Crippen LogP contribution >= 0.6 is 0 Å². The van der Waals surface area contributed by atoms with Gasteiger partial charge in [0.2, 0.25) is 5.91 Å². The Morgan fingerprint density at radius 3 is 3.12 bits per heavy atom. The van der Waals surface area contributed by atoms with Crippen LogP contribution < -0.4 is 10.6 Å². The number of amides is 1. The van der Waals surface area contributed by atoms with Crippen LogP contribution in [0.2, 0.25) is 0 Å². The van der Waals surface area contributed by atoms with Gasteiger partial charge in [-0.1, -0.05) is 6.42 Å². The quantitative estimate of drug-likeness (QED) is 0.816. The van der Waals surface area contributed by atoms with Crippen molar-refractivity contribution in [3.05, 3.63) is 24.2 Å². The summed E-state index contributed by atoms with van der Waals surface area (Å²) in [6.45, 7) is 2.87. The van der Waals surface area contributed by atoms with E-state index in [0.29, 0.717) is 0 Å². The average molecular weight is 222 g/mol. The maximum atomic E-state index is 11.9. The van der Waals surface area contributed by atoms with Gasteiger partial charge in [0.15, 0.2) is 0 Å². The highest BCUT2D eigenvalue weighted by Crippen LogP contribution is 2.13. The third-order valence-electron chi connectivity index (χ3n) is 2.96. The second kappa shape index (κ2) is 5.16. The van der Waals surface area contributed by atoms with Crippen molar-refractivity contribution in [2.75, 3.05) is 6.54 Å². The monoisotopic (exact) mass is 222 g/mol. The molecule has 0 unspecified atom stereocenters. The second-order valence-electron chi connectivity index (χ2n) is 4.25. The molecule has 4 nitrogen and oxygen atoms in total. The number of carbonyl (C=O) groups excluding carboxylic acids is 1. The first kappa shape index (κ1) is 11.2. The van der Waals surface area contributed by atoms with E-state index in [0.717, 1.165) is 31.6 Å². The van der Waals surface area contributed by atoms with Crippen molar-refractivity contribution in [3.63, 3.8) is 0 Å². The summed E-state index contributed by atoms with van der Waals surface area (Å²) in [4.78, 5) is 11.9. The van der Waals surface area contributed by atoms with Gasteiger partial charge in [-0.2, -0.15) is 0 Å². The lowest BCUT2D eigenvalue weighted by atomic mass is 10.0. The van der Waals surface area contributed by atoms with E-state index in [9.17, 15) is 4.79 Å². The minimum absolute atomic E-state index is 0.0360. The Morgan fingerprint density at radius 1 is 1.62 bits per heavy atom. The maximum absolute atomic E-state index is 11.9. The molecular formula is C12H18N2O2. The molecule has 4 heteroatoms. The van der Waals surface area contributed by atoms with Crippen LogP contribution in [0.5, 0.6) is 0 Å². The molecule has 0 saturated carbocycles. The predicted octanol–water partition coefficient (Wildman–Crippen LogP) is 1.60. The summed E-state index contributed by atoms with van der Waals surface area (Å²) in [6.07, 6.45) is 4.84. The van der Waals surface area contributed by atoms with Gasteiger partial charge in [0.1, 0.15) is 5.76 Å². The first-order chi connectivity index (χ1) is 7.77. The van der Waals surface area contributed by atoms with Crippen LogP contribution in [-0.2, 0) is 4.79 Å². The average Bonchev–Trinajstić information content (AvgIpc) is 2.83. The molecule has 1 amide bonds. The zero-order chi connectivity index (χ0) is 11.4. The van der Waals surface area contributed by atoms with Gasteiger partial charge in [-0.15, -0.1) is 0 Å². The van der Waals surface area contributed by atoms with Crippen LogP contribution in [0.4, 0.5) is 0 Å². The van der Waals surface area contributed by atoms with Gasteiger partial charge in [-0.3, -0.25) is 4.79 Å². The lowest BCUT2D eigenvalue weighted by molar-refractivity contribution is -0.124. The Balaban J connectivity index is 1.86. The molecule has 1 aromatic rings. The highest BCUT2D eigenvalue weighted by molar-refractivity contribution is 5.82. The van der Waals surface area contributed by atoms with E-state index in [2.05, 4.69) is 10.6 Å². The Kier molecular flexibility index (Phi) is 3.62. The van der Waals surface area contributed by atoms with Crippen molar-refractivity contribution >= 4 is 5.91 Å². The van der Waals surface area contributed by atoms with Crippen LogP contribution in [0, 0.1) is 0 Å². The van der Waals surface area contributed by atoms with Gasteiger partial charge in [-0.05, 0) is 38.4 Å². The van der Waals surface area contributed by atoms with Gasteiger partial charge in [0.05, 0.1) is 18.3 Å². The van der Waals surface area contributed by atoms with Crippen molar-refractivity contribution in [1.29, 1.82) is 0 Å². The summed E-state index contributed by atoms with van der Waals surface area (Å²) < 4.78 is 5.25. The molecule has 0 aromatic carbocycles. The fraction of sp³-hybridized carbons (Fsp3) is 0.583. The van der Waals surface area contributed by atoms with Gasteiger partial charge in [0, 0.05) is 0 Å². The number of nitrogens with one attached hydrogen (secondary N) is 2. The number of carbonyl (C=O) groups is 1. The second-order valence-corrected chi connectivity index (χ2v) is 4.25. The van der Waals surface area contributed by atoms with E-state index in [1.54, 1.807) is 6.26 Å². The standard InChI is InChI=1S/C12H18N2O2/c1-9(11-6-4-8-16-11)14-12(15)10-5-2-3-7-13-10/h4,6,8-10,13H,2-3,5,7H2,1H3,(H,14,15)/t9-,10-/m0/s1. The zero-order valence-corrected chi connectivity index (χ0v) is 9.53. The maximum Gasteiger partial charge on any atom is 0.237 e. The molecule has 2 heterocycles. The molecule has 1 fully saturated rings. The van der Waals surface area contributed by atoms with E-state index in [-0.39, 0.29) is 18.0 Å². The minimum atomic E-state index is -0.0637. The molecule has 0 bridgehead atoms.